The Labute approximate surface area is 190 Å². The quantitative estimate of drug-likeness (QED) is 0.354. The van der Waals surface area contributed by atoms with Crippen LogP contribution in [0, 0.1) is 11.6 Å². The van der Waals surface area contributed by atoms with Gasteiger partial charge in [-0.2, -0.15) is 0 Å². The number of guanidine groups is 1. The molecular formula is C21H34F2IN5. The third kappa shape index (κ3) is 6.01. The van der Waals surface area contributed by atoms with Crippen LogP contribution in [-0.4, -0.2) is 80.1 Å². The second kappa shape index (κ2) is 11.4. The lowest BCUT2D eigenvalue weighted by molar-refractivity contribution is 0.249. The first-order valence-corrected chi connectivity index (χ1v) is 10.4. The molecule has 3 rings (SSSR count). The van der Waals surface area contributed by atoms with E-state index in [1.165, 1.54) is 44.1 Å². The maximum Gasteiger partial charge on any atom is 0.194 e. The first-order valence-electron chi connectivity index (χ1n) is 10.4. The smallest absolute Gasteiger partial charge is 0.194 e. The summed E-state index contributed by atoms with van der Waals surface area (Å²) in [5, 5.41) is 3.36. The summed E-state index contributed by atoms with van der Waals surface area (Å²) in [7, 11) is 3.66. The second-order valence-electron chi connectivity index (χ2n) is 7.94. The maximum atomic E-state index is 14.3. The van der Waals surface area contributed by atoms with Crippen LogP contribution in [0.5, 0.6) is 0 Å². The lowest BCUT2D eigenvalue weighted by Crippen LogP contribution is -2.43. The summed E-state index contributed by atoms with van der Waals surface area (Å²) >= 11 is 0. The molecule has 0 aromatic heterocycles. The van der Waals surface area contributed by atoms with E-state index < -0.39 is 17.7 Å². The molecule has 2 aliphatic rings. The van der Waals surface area contributed by atoms with E-state index in [0.29, 0.717) is 12.6 Å². The Hall–Kier alpha value is -1.00. The minimum atomic E-state index is -0.519. The molecule has 2 aliphatic heterocycles. The number of likely N-dealkylation sites (tertiary alicyclic amines) is 2. The Morgan fingerprint density at radius 1 is 1.21 bits per heavy atom. The summed E-state index contributed by atoms with van der Waals surface area (Å²) in [5.41, 5.74) is 0.0865. The molecular weight excluding hydrogens is 487 g/mol. The van der Waals surface area contributed by atoms with Gasteiger partial charge in [-0.1, -0.05) is 6.07 Å². The number of likely N-dealkylation sites (N-methyl/N-ethyl adjacent to an activating group) is 1. The topological polar surface area (TPSA) is 34.1 Å². The van der Waals surface area contributed by atoms with Crippen molar-refractivity contribution in [3.8, 4) is 0 Å². The third-order valence-corrected chi connectivity index (χ3v) is 5.83. The minimum absolute atomic E-state index is 0. The zero-order valence-corrected chi connectivity index (χ0v) is 20.0. The Balaban J connectivity index is 0.00000300. The van der Waals surface area contributed by atoms with E-state index in [9.17, 15) is 8.78 Å². The summed E-state index contributed by atoms with van der Waals surface area (Å²) in [6.07, 6.45) is 3.73. The molecule has 0 aliphatic carbocycles. The van der Waals surface area contributed by atoms with Crippen LogP contribution in [0.25, 0.3) is 0 Å². The summed E-state index contributed by atoms with van der Waals surface area (Å²) in [6, 6.07) is 4.15. The number of halogens is 3. The number of rotatable bonds is 6. The van der Waals surface area contributed by atoms with E-state index in [1.807, 2.05) is 25.9 Å². The van der Waals surface area contributed by atoms with Gasteiger partial charge in [0.25, 0.3) is 0 Å². The van der Waals surface area contributed by atoms with Crippen molar-refractivity contribution in [1.29, 1.82) is 0 Å². The molecule has 2 heterocycles. The fraction of sp³-hybridized carbons (Fsp3) is 0.667. The number of nitrogens with zero attached hydrogens (tertiary/aromatic N) is 4. The Bertz CT molecular complexity index is 659. The summed E-state index contributed by atoms with van der Waals surface area (Å²) < 4.78 is 28.6. The third-order valence-electron chi connectivity index (χ3n) is 5.83. The minimum Gasteiger partial charge on any atom is -0.357 e. The van der Waals surface area contributed by atoms with Crippen LogP contribution in [0.3, 0.4) is 0 Å². The van der Waals surface area contributed by atoms with Crippen LogP contribution < -0.4 is 5.32 Å². The average molecular weight is 521 g/mol. The molecule has 0 saturated carbocycles. The molecule has 0 radical (unpaired) electrons. The van der Waals surface area contributed by atoms with Gasteiger partial charge in [0, 0.05) is 31.2 Å². The van der Waals surface area contributed by atoms with Crippen molar-refractivity contribution in [2.45, 2.75) is 38.3 Å². The fourth-order valence-corrected chi connectivity index (χ4v) is 4.28. The molecule has 2 unspecified atom stereocenters. The van der Waals surface area contributed by atoms with Crippen LogP contribution in [-0.2, 0) is 0 Å². The Morgan fingerprint density at radius 3 is 2.45 bits per heavy atom. The SMILES string of the molecule is CCNC(=NCC(c1c(F)cccc1F)N(C)C)N1CCC(N2CCCC2)C1.I. The molecule has 164 valence electrons. The number of benzene rings is 1. The van der Waals surface area contributed by atoms with E-state index in [-0.39, 0.29) is 29.5 Å². The van der Waals surface area contributed by atoms with Crippen LogP contribution in [0.1, 0.15) is 37.8 Å². The highest BCUT2D eigenvalue weighted by Crippen LogP contribution is 2.25. The van der Waals surface area contributed by atoms with Gasteiger partial charge in [-0.25, -0.2) is 8.78 Å². The molecule has 0 amide bonds. The molecule has 1 aromatic rings. The van der Waals surface area contributed by atoms with Gasteiger partial charge in [-0.15, -0.1) is 24.0 Å². The van der Waals surface area contributed by atoms with Gasteiger partial charge in [0.1, 0.15) is 11.6 Å². The molecule has 5 nitrogen and oxygen atoms in total. The number of hydrogen-bond donors (Lipinski definition) is 1. The van der Waals surface area contributed by atoms with Crippen molar-refractivity contribution < 1.29 is 8.78 Å². The first-order chi connectivity index (χ1) is 13.5. The molecule has 2 atom stereocenters. The van der Waals surface area contributed by atoms with Crippen LogP contribution in [0.15, 0.2) is 23.2 Å². The largest absolute Gasteiger partial charge is 0.357 e. The molecule has 8 heteroatoms. The van der Waals surface area contributed by atoms with Gasteiger partial charge in [-0.3, -0.25) is 9.89 Å². The molecule has 2 fully saturated rings. The molecule has 1 aromatic carbocycles. The van der Waals surface area contributed by atoms with Gasteiger partial charge in [0.05, 0.1) is 12.6 Å². The predicted octanol–water partition coefficient (Wildman–Crippen LogP) is 3.32. The lowest BCUT2D eigenvalue weighted by Gasteiger charge is -2.27. The van der Waals surface area contributed by atoms with Crippen molar-refractivity contribution in [2.75, 3.05) is 53.4 Å². The zero-order valence-electron chi connectivity index (χ0n) is 17.7. The zero-order chi connectivity index (χ0) is 20.1. The molecule has 29 heavy (non-hydrogen) atoms. The van der Waals surface area contributed by atoms with Crippen LogP contribution in [0.2, 0.25) is 0 Å². The highest BCUT2D eigenvalue weighted by atomic mass is 127. The summed E-state index contributed by atoms with van der Waals surface area (Å²) in [5.74, 6) is -0.198. The molecule has 0 spiro atoms. The Kier molecular flexibility index (Phi) is 9.55. The van der Waals surface area contributed by atoms with E-state index in [1.54, 1.807) is 0 Å². The van der Waals surface area contributed by atoms with Crippen molar-refractivity contribution in [3.05, 3.63) is 35.4 Å². The van der Waals surface area contributed by atoms with Gasteiger partial charge >= 0.3 is 0 Å². The molecule has 1 N–H and O–H groups in total. The second-order valence-corrected chi connectivity index (χ2v) is 7.94. The Morgan fingerprint density at radius 2 is 1.86 bits per heavy atom. The van der Waals surface area contributed by atoms with Crippen molar-refractivity contribution >= 4 is 29.9 Å². The van der Waals surface area contributed by atoms with Crippen molar-refractivity contribution in [3.63, 3.8) is 0 Å². The van der Waals surface area contributed by atoms with E-state index in [2.05, 4.69) is 15.1 Å². The number of hydrogen-bond acceptors (Lipinski definition) is 3. The number of aliphatic imine (C=N–C) groups is 1. The van der Waals surface area contributed by atoms with Gasteiger partial charge in [0.15, 0.2) is 5.96 Å². The van der Waals surface area contributed by atoms with E-state index in [0.717, 1.165) is 32.0 Å². The van der Waals surface area contributed by atoms with Crippen LogP contribution in [0.4, 0.5) is 8.78 Å². The maximum absolute atomic E-state index is 14.3. The van der Waals surface area contributed by atoms with Crippen molar-refractivity contribution in [2.24, 2.45) is 4.99 Å². The normalized spacial score (nSPS) is 21.5. The summed E-state index contributed by atoms with van der Waals surface area (Å²) in [4.78, 5) is 11.5. The fourth-order valence-electron chi connectivity index (χ4n) is 4.28. The highest BCUT2D eigenvalue weighted by Gasteiger charge is 2.31. The molecule has 0 bridgehead atoms. The first kappa shape index (κ1) is 24.3. The van der Waals surface area contributed by atoms with Crippen molar-refractivity contribution in [1.82, 2.24) is 20.0 Å². The van der Waals surface area contributed by atoms with Gasteiger partial charge in [0.2, 0.25) is 0 Å². The van der Waals surface area contributed by atoms with Crippen LogP contribution >= 0.6 is 24.0 Å². The molecule has 2 saturated heterocycles. The van der Waals surface area contributed by atoms with Gasteiger partial charge < -0.3 is 15.1 Å². The highest BCUT2D eigenvalue weighted by molar-refractivity contribution is 14.0. The monoisotopic (exact) mass is 521 g/mol. The lowest BCUT2D eigenvalue weighted by atomic mass is 10.0. The standard InChI is InChI=1S/C21H33F2N5.HI/c1-4-24-21(28-13-10-16(15-28)27-11-5-6-12-27)25-14-19(26(2)3)20-17(22)8-7-9-18(20)23;/h7-9,16,19H,4-6,10-15H2,1-3H3,(H,24,25);1H. The summed E-state index contributed by atoms with van der Waals surface area (Å²) in [6.45, 7) is 7.44. The van der Waals surface area contributed by atoms with E-state index in [4.69, 9.17) is 4.99 Å². The van der Waals surface area contributed by atoms with Gasteiger partial charge in [-0.05, 0) is 65.5 Å². The number of nitrogens with one attached hydrogen (secondary N) is 1. The average Bonchev–Trinajstić information content (AvgIpc) is 3.34. The van der Waals surface area contributed by atoms with E-state index >= 15 is 0 Å². The predicted molar refractivity (Wildman–Crippen MR) is 125 cm³/mol.